The van der Waals surface area contributed by atoms with E-state index in [2.05, 4.69) is 0 Å². The summed E-state index contributed by atoms with van der Waals surface area (Å²) in [4.78, 5) is 8.15. The van der Waals surface area contributed by atoms with Crippen molar-refractivity contribution < 1.29 is 26.4 Å². The first-order valence-electron chi connectivity index (χ1n) is 1.15. The molecule has 0 aromatic rings. The van der Waals surface area contributed by atoms with Crippen molar-refractivity contribution in [3.8, 4) is 0 Å². The zero-order valence-corrected chi connectivity index (χ0v) is 5.50. The Kier molecular flexibility index (Phi) is 7.05. The van der Waals surface area contributed by atoms with E-state index < -0.39 is 10.8 Å². The minimum Gasteiger partial charge on any atom is -0.479 e. The molecule has 0 rings (SSSR count). The summed E-state index contributed by atoms with van der Waals surface area (Å²) < 4.78 is 0. The minimum atomic E-state index is -1.29. The molecule has 2 nitrogen and oxygen atoms in total. The normalized spacial score (nSPS) is 7.86. The molecule has 0 atom stereocenters. The monoisotopic (exact) mass is 186 g/mol. The van der Waals surface area contributed by atoms with Crippen molar-refractivity contribution in [2.24, 2.45) is 0 Å². The molecule has 0 bridgehead atoms. The van der Waals surface area contributed by atoms with Crippen molar-refractivity contribution in [3.05, 3.63) is 0 Å². The van der Waals surface area contributed by atoms with Crippen molar-refractivity contribution in [3.63, 3.8) is 0 Å². The van der Waals surface area contributed by atoms with E-state index >= 15 is 0 Å². The molecular weight excluding hydrogens is 186 g/mol. The van der Waals surface area contributed by atoms with Crippen molar-refractivity contribution in [1.29, 1.82) is 0 Å². The third-order valence-corrected chi connectivity index (χ3v) is 0.560. The van der Waals surface area contributed by atoms with Crippen LogP contribution in [0.25, 0.3) is 0 Å². The van der Waals surface area contributed by atoms with Crippen LogP contribution in [0.2, 0.25) is 0 Å². The number of rotatable bonds is 1. The average molecular weight is 188 g/mol. The van der Waals surface area contributed by atoms with Gasteiger partial charge in [0.25, 0.3) is 0 Å². The maximum Gasteiger partial charge on any atom is 0.337 e. The Balaban J connectivity index is 0. The van der Waals surface area contributed by atoms with E-state index in [1.165, 1.54) is 0 Å². The number of carboxylic acid groups (broad SMARTS) is 1. The Morgan fingerprint density at radius 3 is 1.71 bits per heavy atom. The van der Waals surface area contributed by atoms with Crippen LogP contribution in [-0.2, 0) is 21.3 Å². The van der Waals surface area contributed by atoms with E-state index in [4.69, 9.17) is 28.3 Å². The summed E-state index contributed by atoms with van der Waals surface area (Å²) in [5.41, 5.74) is 0. The fourth-order valence-electron chi connectivity index (χ4n) is 0. The second kappa shape index (κ2) is 4.70. The van der Waals surface area contributed by atoms with Crippen LogP contribution in [0.4, 0.5) is 0 Å². The van der Waals surface area contributed by atoms with Crippen LogP contribution in [0, 0.1) is 0 Å². The number of halogens is 2. The third kappa shape index (κ3) is 6.54. The van der Waals surface area contributed by atoms with Crippen LogP contribution in [0.1, 0.15) is 0 Å². The van der Waals surface area contributed by atoms with Gasteiger partial charge in [0.2, 0.25) is 4.84 Å². The summed E-state index contributed by atoms with van der Waals surface area (Å²) in [5, 5.41) is 7.73. The Hall–Kier alpha value is 0.544. The van der Waals surface area contributed by atoms with Gasteiger partial charge in [-0.3, -0.25) is 0 Å². The van der Waals surface area contributed by atoms with Crippen LogP contribution in [0.5, 0.6) is 0 Å². The summed E-state index contributed by atoms with van der Waals surface area (Å²) in [5.74, 6) is -1.21. The zero-order valence-electron chi connectivity index (χ0n) is 3.00. The van der Waals surface area contributed by atoms with E-state index in [9.17, 15) is 4.79 Å². The standard InChI is InChI=1S/C2H2Cl2O2.Ni/c3-1(4)2(5)6;/h1H,(H,5,6);. The molecule has 0 aromatic heterocycles. The first-order valence-corrected chi connectivity index (χ1v) is 2.03. The fraction of sp³-hybridized carbons (Fsp3) is 0.500. The van der Waals surface area contributed by atoms with E-state index in [1.807, 2.05) is 0 Å². The van der Waals surface area contributed by atoms with Crippen LogP contribution in [0.15, 0.2) is 0 Å². The van der Waals surface area contributed by atoms with Crippen LogP contribution < -0.4 is 0 Å². The van der Waals surface area contributed by atoms with Gasteiger partial charge in [0, 0.05) is 16.5 Å². The Bertz CT molecular complexity index is 64.7. The van der Waals surface area contributed by atoms with Gasteiger partial charge in [-0.1, -0.05) is 23.2 Å². The molecule has 0 amide bonds. The van der Waals surface area contributed by atoms with Gasteiger partial charge in [0.1, 0.15) is 0 Å². The molecule has 46 valence electrons. The van der Waals surface area contributed by atoms with E-state index in [0.717, 1.165) is 0 Å². The first kappa shape index (κ1) is 10.5. The number of hydrogen-bond donors (Lipinski definition) is 1. The second-order valence-electron chi connectivity index (χ2n) is 0.639. The predicted octanol–water partition coefficient (Wildman–Crippen LogP) is 0.872. The molecule has 0 aliphatic carbocycles. The van der Waals surface area contributed by atoms with Crippen molar-refractivity contribution >= 4 is 29.2 Å². The van der Waals surface area contributed by atoms with Gasteiger partial charge >= 0.3 is 5.97 Å². The van der Waals surface area contributed by atoms with Crippen LogP contribution in [0.3, 0.4) is 0 Å². The Morgan fingerprint density at radius 2 is 1.71 bits per heavy atom. The zero-order chi connectivity index (χ0) is 5.15. The van der Waals surface area contributed by atoms with Gasteiger partial charge < -0.3 is 5.11 Å². The number of carboxylic acids is 1. The molecule has 0 aliphatic rings. The van der Waals surface area contributed by atoms with Crippen molar-refractivity contribution in [1.82, 2.24) is 0 Å². The van der Waals surface area contributed by atoms with E-state index in [-0.39, 0.29) is 16.5 Å². The second-order valence-corrected chi connectivity index (χ2v) is 1.74. The predicted molar refractivity (Wildman–Crippen MR) is 23.1 cm³/mol. The molecule has 0 aromatic carbocycles. The quantitative estimate of drug-likeness (QED) is 0.489. The molecule has 0 fully saturated rings. The van der Waals surface area contributed by atoms with Gasteiger partial charge in [-0.25, -0.2) is 4.79 Å². The van der Waals surface area contributed by atoms with Crippen molar-refractivity contribution in [2.45, 2.75) is 4.84 Å². The molecule has 0 heterocycles. The topological polar surface area (TPSA) is 37.3 Å². The molecule has 0 radical (unpaired) electrons. The molecular formula is C2H2Cl2NiO2. The van der Waals surface area contributed by atoms with E-state index in [1.54, 1.807) is 0 Å². The van der Waals surface area contributed by atoms with Crippen molar-refractivity contribution in [2.75, 3.05) is 0 Å². The van der Waals surface area contributed by atoms with Gasteiger partial charge in [-0.15, -0.1) is 0 Å². The van der Waals surface area contributed by atoms with Gasteiger partial charge in [0.05, 0.1) is 0 Å². The average Bonchev–Trinajstić information content (AvgIpc) is 1.36. The summed E-state index contributed by atoms with van der Waals surface area (Å²) in [7, 11) is 0. The molecule has 0 unspecified atom stereocenters. The maximum absolute atomic E-state index is 9.44. The van der Waals surface area contributed by atoms with Gasteiger partial charge in [-0.05, 0) is 0 Å². The number of hydrogen-bond acceptors (Lipinski definition) is 1. The molecule has 0 saturated carbocycles. The summed E-state index contributed by atoms with van der Waals surface area (Å²) in [6.45, 7) is 0. The van der Waals surface area contributed by atoms with E-state index in [0.29, 0.717) is 0 Å². The maximum atomic E-state index is 9.44. The number of alkyl halides is 2. The molecule has 5 heteroatoms. The van der Waals surface area contributed by atoms with Gasteiger partial charge in [-0.2, -0.15) is 0 Å². The molecule has 1 N–H and O–H groups in total. The largest absolute Gasteiger partial charge is 0.479 e. The molecule has 0 aliphatic heterocycles. The summed E-state index contributed by atoms with van der Waals surface area (Å²) in [6.07, 6.45) is 0. The van der Waals surface area contributed by atoms with Crippen LogP contribution in [-0.4, -0.2) is 15.9 Å². The Morgan fingerprint density at radius 1 is 1.57 bits per heavy atom. The Labute approximate surface area is 60.7 Å². The molecule has 7 heavy (non-hydrogen) atoms. The number of carbonyl (C=O) groups is 1. The summed E-state index contributed by atoms with van der Waals surface area (Å²) >= 11 is 9.56. The van der Waals surface area contributed by atoms with Gasteiger partial charge in [0.15, 0.2) is 0 Å². The molecule has 0 saturated heterocycles. The first-order chi connectivity index (χ1) is 2.64. The fourth-order valence-corrected chi connectivity index (χ4v) is 0. The molecule has 0 spiro atoms. The minimum absolute atomic E-state index is 0. The smallest absolute Gasteiger partial charge is 0.337 e. The summed E-state index contributed by atoms with van der Waals surface area (Å²) in [6, 6.07) is 0. The van der Waals surface area contributed by atoms with Crippen LogP contribution >= 0.6 is 23.2 Å². The SMILES string of the molecule is O=C(O)C(Cl)Cl.[Ni]. The third-order valence-electron chi connectivity index (χ3n) is 0.187. The number of aliphatic carboxylic acids is 1.